The zero-order valence-corrected chi connectivity index (χ0v) is 5.23. The molecule has 0 spiro atoms. The van der Waals surface area contributed by atoms with Crippen molar-refractivity contribution in [3.8, 4) is 0 Å². The van der Waals surface area contributed by atoms with Gasteiger partial charge in [0.2, 0.25) is 0 Å². The van der Waals surface area contributed by atoms with Crippen LogP contribution in [-0.4, -0.2) is 14.2 Å². The van der Waals surface area contributed by atoms with Crippen LogP contribution in [0.1, 0.15) is 12.8 Å². The van der Waals surface area contributed by atoms with Crippen LogP contribution in [0.5, 0.6) is 0 Å². The molecule has 0 unspecified atom stereocenters. The summed E-state index contributed by atoms with van der Waals surface area (Å²) in [5.41, 5.74) is 0. The molecule has 0 saturated heterocycles. The van der Waals surface area contributed by atoms with Crippen LogP contribution < -0.4 is 0 Å². The van der Waals surface area contributed by atoms with Crippen LogP contribution in [0.4, 0.5) is 0 Å². The lowest BCUT2D eigenvalue weighted by Crippen LogP contribution is -2.06. The Kier molecular flexibility index (Phi) is 1.42. The molecular formula is C6H10O2. The van der Waals surface area contributed by atoms with Gasteiger partial charge in [0, 0.05) is 12.8 Å². The van der Waals surface area contributed by atoms with Gasteiger partial charge in [0.05, 0.1) is 14.2 Å². The summed E-state index contributed by atoms with van der Waals surface area (Å²) in [5.74, 6) is 2.01. The summed E-state index contributed by atoms with van der Waals surface area (Å²) in [7, 11) is 3.35. The Hall–Kier alpha value is -0.660. The van der Waals surface area contributed by atoms with E-state index in [1.165, 1.54) is 0 Å². The molecule has 0 radical (unpaired) electrons. The summed E-state index contributed by atoms with van der Waals surface area (Å²) >= 11 is 0. The molecule has 8 heavy (non-hydrogen) atoms. The minimum Gasteiger partial charge on any atom is -0.498 e. The van der Waals surface area contributed by atoms with Crippen LogP contribution in [0.15, 0.2) is 11.5 Å². The van der Waals surface area contributed by atoms with Crippen LogP contribution >= 0.6 is 0 Å². The summed E-state index contributed by atoms with van der Waals surface area (Å²) in [5, 5.41) is 0. The lowest BCUT2D eigenvalue weighted by Gasteiger charge is -2.19. The molecule has 46 valence electrons. The fraction of sp³-hybridized carbons (Fsp3) is 0.667. The predicted molar refractivity (Wildman–Crippen MR) is 30.3 cm³/mol. The Morgan fingerprint density at radius 3 is 1.50 bits per heavy atom. The minimum atomic E-state index is 1.01. The van der Waals surface area contributed by atoms with Gasteiger partial charge < -0.3 is 9.47 Å². The number of hydrogen-bond donors (Lipinski definition) is 0. The molecule has 0 aromatic heterocycles. The summed E-state index contributed by atoms with van der Waals surface area (Å²) in [4.78, 5) is 0. The van der Waals surface area contributed by atoms with Gasteiger partial charge in [0.25, 0.3) is 0 Å². The zero-order chi connectivity index (χ0) is 5.98. The first-order valence-corrected chi connectivity index (χ1v) is 2.68. The van der Waals surface area contributed by atoms with E-state index in [0.29, 0.717) is 0 Å². The molecule has 0 heterocycles. The summed E-state index contributed by atoms with van der Waals surface area (Å²) in [6, 6.07) is 0. The second-order valence-corrected chi connectivity index (χ2v) is 1.75. The first kappa shape index (κ1) is 5.48. The van der Waals surface area contributed by atoms with E-state index >= 15 is 0 Å². The first-order chi connectivity index (χ1) is 3.88. The molecule has 1 rings (SSSR count). The van der Waals surface area contributed by atoms with E-state index in [-0.39, 0.29) is 0 Å². The van der Waals surface area contributed by atoms with Gasteiger partial charge in [-0.2, -0.15) is 0 Å². The molecule has 0 bridgehead atoms. The maximum absolute atomic E-state index is 4.94. The van der Waals surface area contributed by atoms with E-state index in [9.17, 15) is 0 Å². The largest absolute Gasteiger partial charge is 0.498 e. The topological polar surface area (TPSA) is 18.5 Å². The molecule has 0 saturated carbocycles. The van der Waals surface area contributed by atoms with Crippen molar-refractivity contribution in [3.05, 3.63) is 11.5 Å². The van der Waals surface area contributed by atoms with Crippen molar-refractivity contribution in [1.82, 2.24) is 0 Å². The zero-order valence-electron chi connectivity index (χ0n) is 5.23. The Morgan fingerprint density at radius 2 is 1.38 bits per heavy atom. The van der Waals surface area contributed by atoms with Gasteiger partial charge in [-0.1, -0.05) is 0 Å². The van der Waals surface area contributed by atoms with Gasteiger partial charge in [0.1, 0.15) is 11.5 Å². The average Bonchev–Trinajstić information content (AvgIpc) is 1.66. The Balaban J connectivity index is 2.49. The first-order valence-electron chi connectivity index (χ1n) is 2.68. The maximum atomic E-state index is 4.94. The number of methoxy groups -OCH3 is 2. The Labute approximate surface area is 49.1 Å². The summed E-state index contributed by atoms with van der Waals surface area (Å²) in [6.07, 6.45) is 2.08. The van der Waals surface area contributed by atoms with E-state index in [1.54, 1.807) is 14.2 Å². The minimum absolute atomic E-state index is 1.01. The van der Waals surface area contributed by atoms with Gasteiger partial charge in [-0.15, -0.1) is 0 Å². The standard InChI is InChI=1S/C6H10O2/c1-7-5-3-4-6(5)8-2/h3-4H2,1-2H3. The quantitative estimate of drug-likeness (QED) is 0.538. The second-order valence-electron chi connectivity index (χ2n) is 1.75. The molecule has 0 aliphatic heterocycles. The third-order valence-corrected chi connectivity index (χ3v) is 1.38. The predicted octanol–water partition coefficient (Wildman–Crippen LogP) is 1.28. The van der Waals surface area contributed by atoms with Crippen LogP contribution in [-0.2, 0) is 9.47 Å². The summed E-state index contributed by atoms with van der Waals surface area (Å²) < 4.78 is 9.89. The van der Waals surface area contributed by atoms with Crippen LogP contribution in [0, 0.1) is 0 Å². The van der Waals surface area contributed by atoms with Crippen LogP contribution in [0.3, 0.4) is 0 Å². The molecule has 0 atom stereocenters. The van der Waals surface area contributed by atoms with Gasteiger partial charge in [-0.3, -0.25) is 0 Å². The Morgan fingerprint density at radius 1 is 1.00 bits per heavy atom. The molecule has 0 aromatic carbocycles. The molecule has 2 nitrogen and oxygen atoms in total. The lowest BCUT2D eigenvalue weighted by atomic mass is 10.1. The van der Waals surface area contributed by atoms with Crippen molar-refractivity contribution in [2.45, 2.75) is 12.8 Å². The fourth-order valence-electron chi connectivity index (χ4n) is 0.761. The highest BCUT2D eigenvalue weighted by atomic mass is 16.5. The van der Waals surface area contributed by atoms with Crippen molar-refractivity contribution in [2.24, 2.45) is 0 Å². The molecule has 0 aromatic rings. The smallest absolute Gasteiger partial charge is 0.133 e. The van der Waals surface area contributed by atoms with Crippen molar-refractivity contribution >= 4 is 0 Å². The monoisotopic (exact) mass is 114 g/mol. The van der Waals surface area contributed by atoms with Crippen molar-refractivity contribution in [1.29, 1.82) is 0 Å². The molecule has 1 aliphatic rings. The second kappa shape index (κ2) is 2.07. The average molecular weight is 114 g/mol. The highest BCUT2D eigenvalue weighted by molar-refractivity contribution is 5.12. The van der Waals surface area contributed by atoms with Crippen molar-refractivity contribution in [3.63, 3.8) is 0 Å². The number of hydrogen-bond acceptors (Lipinski definition) is 2. The molecular weight excluding hydrogens is 104 g/mol. The SMILES string of the molecule is COC1=C(OC)CC1. The molecule has 0 amide bonds. The molecule has 2 heteroatoms. The van der Waals surface area contributed by atoms with E-state index in [1.807, 2.05) is 0 Å². The van der Waals surface area contributed by atoms with Gasteiger partial charge in [-0.25, -0.2) is 0 Å². The molecule has 1 aliphatic carbocycles. The third-order valence-electron chi connectivity index (χ3n) is 1.38. The highest BCUT2D eigenvalue weighted by Crippen LogP contribution is 2.27. The van der Waals surface area contributed by atoms with Crippen LogP contribution in [0.25, 0.3) is 0 Å². The lowest BCUT2D eigenvalue weighted by molar-refractivity contribution is 0.169. The summed E-state index contributed by atoms with van der Waals surface area (Å²) in [6.45, 7) is 0. The van der Waals surface area contributed by atoms with Crippen molar-refractivity contribution in [2.75, 3.05) is 14.2 Å². The van der Waals surface area contributed by atoms with Gasteiger partial charge in [0.15, 0.2) is 0 Å². The van der Waals surface area contributed by atoms with Gasteiger partial charge in [-0.05, 0) is 0 Å². The van der Waals surface area contributed by atoms with E-state index < -0.39 is 0 Å². The molecule has 0 fully saturated rings. The normalized spacial score (nSPS) is 17.8. The van der Waals surface area contributed by atoms with E-state index in [0.717, 1.165) is 24.4 Å². The fourth-order valence-corrected chi connectivity index (χ4v) is 0.761. The van der Waals surface area contributed by atoms with Crippen LogP contribution in [0.2, 0.25) is 0 Å². The number of allylic oxidation sites excluding steroid dienone is 2. The molecule has 0 N–H and O–H groups in total. The number of rotatable bonds is 2. The maximum Gasteiger partial charge on any atom is 0.133 e. The highest BCUT2D eigenvalue weighted by Gasteiger charge is 2.17. The van der Waals surface area contributed by atoms with E-state index in [2.05, 4.69) is 0 Å². The number of ether oxygens (including phenoxy) is 2. The Bertz CT molecular complexity index is 102. The van der Waals surface area contributed by atoms with Gasteiger partial charge >= 0.3 is 0 Å². The van der Waals surface area contributed by atoms with Crippen molar-refractivity contribution < 1.29 is 9.47 Å². The third kappa shape index (κ3) is 0.661. The van der Waals surface area contributed by atoms with E-state index in [4.69, 9.17) is 9.47 Å².